The molecule has 10 rings (SSSR count). The summed E-state index contributed by atoms with van der Waals surface area (Å²) in [6.45, 7) is 4.42. The first kappa shape index (κ1) is 45.2. The zero-order valence-electron chi connectivity index (χ0n) is 37.1. The lowest BCUT2D eigenvalue weighted by atomic mass is 9.97. The van der Waals surface area contributed by atoms with Crippen LogP contribution in [-0.2, 0) is 36.4 Å². The average Bonchev–Trinajstić information content (AvgIpc) is 4.06. The summed E-state index contributed by atoms with van der Waals surface area (Å²) in [5, 5.41) is 17.5. The molecule has 0 radical (unpaired) electrons. The number of amides is 3. The Morgan fingerprint density at radius 2 is 1.69 bits per heavy atom. The standard InChI is InChI=1S/C41H49N9O7S.C6H12O/c1-47(35-7-8-36(52)44-38(35)53)22-27-19-30(6-5-26(27)25-51)48-15-11-29(12-16-48)49-23-32(24-49)57-31-3-2-4-33(20-31)58(55,56)50-17-9-28(10-18-50)43-40-42-21-34-37(46-40)45-39(54)41(34)13-14-41;7-6-4-2-1-3-5-6/h2-6,19-21,25,28-29,32,35H,7-18,22-24H2,1H3,(H,44,52,53)(H2,42,43,45,46,54);6-7H,1-5H2. The Kier molecular flexibility index (Phi) is 13.2. The molecule has 1 atom stereocenters. The van der Waals surface area contributed by atoms with Gasteiger partial charge in [-0.2, -0.15) is 9.29 Å². The number of piperidine rings is 3. The number of carbonyl (C=O) groups is 4. The number of sulfonamides is 1. The summed E-state index contributed by atoms with van der Waals surface area (Å²) in [7, 11) is -1.87. The van der Waals surface area contributed by atoms with E-state index in [0.717, 1.165) is 87.8 Å². The number of nitrogens with one attached hydrogen (secondary N) is 3. The summed E-state index contributed by atoms with van der Waals surface area (Å²) in [6, 6.07) is 12.7. The molecule has 1 spiro atoms. The van der Waals surface area contributed by atoms with Crippen molar-refractivity contribution in [2.24, 2.45) is 0 Å². The van der Waals surface area contributed by atoms with Gasteiger partial charge in [0, 0.05) is 93.4 Å². The number of likely N-dealkylation sites (N-methyl/N-ethyl adjacent to an activating group) is 1. The van der Waals surface area contributed by atoms with E-state index in [2.05, 4.69) is 35.7 Å². The van der Waals surface area contributed by atoms with Crippen molar-refractivity contribution in [1.82, 2.24) is 29.4 Å². The first-order valence-corrected chi connectivity index (χ1v) is 24.8. The monoisotopic (exact) mass is 911 g/mol. The number of imide groups is 1. The molecule has 348 valence electrons. The second-order valence-electron chi connectivity index (χ2n) is 18.9. The van der Waals surface area contributed by atoms with Gasteiger partial charge in [-0.05, 0) is 101 Å². The maximum absolute atomic E-state index is 13.7. The molecule has 2 aliphatic carbocycles. The van der Waals surface area contributed by atoms with Gasteiger partial charge in [0.05, 0.1) is 22.5 Å². The van der Waals surface area contributed by atoms with Crippen LogP contribution in [0, 0.1) is 0 Å². The number of hydrogen-bond acceptors (Lipinski definition) is 14. The maximum Gasteiger partial charge on any atom is 0.243 e. The van der Waals surface area contributed by atoms with Gasteiger partial charge >= 0.3 is 0 Å². The quantitative estimate of drug-likeness (QED) is 0.151. The molecule has 1 aromatic heterocycles. The number of fused-ring (bicyclic) bond motifs is 2. The summed E-state index contributed by atoms with van der Waals surface area (Å²) < 4.78 is 35.2. The van der Waals surface area contributed by atoms with E-state index in [4.69, 9.17) is 9.84 Å². The lowest BCUT2D eigenvalue weighted by molar-refractivity contribution is -0.137. The number of aliphatic hydroxyl groups excluding tert-OH is 1. The van der Waals surface area contributed by atoms with E-state index in [1.165, 1.54) is 23.6 Å². The molecule has 65 heavy (non-hydrogen) atoms. The van der Waals surface area contributed by atoms with Crippen molar-refractivity contribution < 1.29 is 37.4 Å². The van der Waals surface area contributed by atoms with Gasteiger partial charge in [0.2, 0.25) is 33.7 Å². The number of likely N-dealkylation sites (tertiary alicyclic amines) is 1. The maximum atomic E-state index is 13.7. The first-order valence-electron chi connectivity index (χ1n) is 23.4. The minimum Gasteiger partial charge on any atom is -0.488 e. The summed E-state index contributed by atoms with van der Waals surface area (Å²) >= 11 is 0. The lowest BCUT2D eigenvalue weighted by Gasteiger charge is -2.47. The van der Waals surface area contributed by atoms with Crippen molar-refractivity contribution in [2.45, 2.75) is 131 Å². The topological polar surface area (TPSA) is 207 Å². The highest BCUT2D eigenvalue weighted by Crippen LogP contribution is 2.54. The van der Waals surface area contributed by atoms with E-state index in [9.17, 15) is 27.6 Å². The Morgan fingerprint density at radius 1 is 0.938 bits per heavy atom. The van der Waals surface area contributed by atoms with Gasteiger partial charge in [0.15, 0.2) is 0 Å². The SMILES string of the molecule is CN(Cc1cc(N2CCC(N3CC(Oc4cccc(S(=O)(=O)N5CCC(Nc6ncc7c(n6)NC(=O)C76CC6)CC5)c4)C3)CC2)ccc1C=O)C1CCC(=O)NC1=O.OC1CCCCC1. The first-order chi connectivity index (χ1) is 31.4. The van der Waals surface area contributed by atoms with Gasteiger partial charge < -0.3 is 25.4 Å². The molecule has 2 aromatic carbocycles. The molecule has 0 bridgehead atoms. The second kappa shape index (κ2) is 19.1. The molecule has 5 aliphatic heterocycles. The number of aromatic nitrogens is 2. The van der Waals surface area contributed by atoms with Crippen LogP contribution >= 0.6 is 0 Å². The zero-order valence-corrected chi connectivity index (χ0v) is 37.9. The van der Waals surface area contributed by atoms with Crippen molar-refractivity contribution in [3.05, 3.63) is 65.4 Å². The Bertz CT molecular complexity index is 2370. The molecule has 6 heterocycles. The number of nitrogens with zero attached hydrogens (tertiary/aromatic N) is 6. The fraction of sp³-hybridized carbons (Fsp3) is 0.574. The smallest absolute Gasteiger partial charge is 0.243 e. The Morgan fingerprint density at radius 3 is 2.37 bits per heavy atom. The molecular weight excluding hydrogens is 851 g/mol. The van der Waals surface area contributed by atoms with Gasteiger partial charge in [0.25, 0.3) is 0 Å². The number of hydrogen-bond donors (Lipinski definition) is 4. The van der Waals surface area contributed by atoms with Crippen molar-refractivity contribution in [3.8, 4) is 5.75 Å². The molecule has 18 heteroatoms. The molecule has 6 fully saturated rings. The van der Waals surface area contributed by atoms with Crippen molar-refractivity contribution in [2.75, 3.05) is 61.8 Å². The summed E-state index contributed by atoms with van der Waals surface area (Å²) in [5.41, 5.74) is 2.93. The number of ether oxygens (including phenoxy) is 1. The molecule has 3 aromatic rings. The van der Waals surface area contributed by atoms with E-state index in [1.54, 1.807) is 24.4 Å². The summed E-state index contributed by atoms with van der Waals surface area (Å²) in [4.78, 5) is 64.2. The molecule has 4 N–H and O–H groups in total. The van der Waals surface area contributed by atoms with E-state index < -0.39 is 21.5 Å². The van der Waals surface area contributed by atoms with Gasteiger partial charge in [0.1, 0.15) is 24.0 Å². The minimum atomic E-state index is -3.72. The van der Waals surface area contributed by atoms with Crippen LogP contribution in [0.1, 0.15) is 105 Å². The van der Waals surface area contributed by atoms with Crippen LogP contribution in [0.5, 0.6) is 5.75 Å². The fourth-order valence-corrected chi connectivity index (χ4v) is 11.8. The number of carbonyl (C=O) groups excluding carboxylic acids is 4. The van der Waals surface area contributed by atoms with E-state index in [-0.39, 0.29) is 40.9 Å². The van der Waals surface area contributed by atoms with Crippen LogP contribution < -0.4 is 25.6 Å². The largest absolute Gasteiger partial charge is 0.488 e. The predicted octanol–water partition coefficient (Wildman–Crippen LogP) is 3.82. The van der Waals surface area contributed by atoms with Crippen molar-refractivity contribution in [1.29, 1.82) is 0 Å². The van der Waals surface area contributed by atoms with Crippen LogP contribution in [0.3, 0.4) is 0 Å². The minimum absolute atomic E-state index is 0.00239. The zero-order chi connectivity index (χ0) is 45.3. The van der Waals surface area contributed by atoms with E-state index >= 15 is 0 Å². The fourth-order valence-electron chi connectivity index (χ4n) is 10.3. The normalized spacial score (nSPS) is 23.3. The third kappa shape index (κ3) is 9.92. The second-order valence-corrected chi connectivity index (χ2v) is 20.8. The third-order valence-electron chi connectivity index (χ3n) is 14.5. The number of rotatable bonds is 12. The lowest BCUT2D eigenvalue weighted by Crippen LogP contribution is -2.59. The molecule has 7 aliphatic rings. The van der Waals surface area contributed by atoms with Crippen LogP contribution in [0.15, 0.2) is 53.6 Å². The van der Waals surface area contributed by atoms with Crippen LogP contribution in [0.4, 0.5) is 17.5 Å². The number of benzene rings is 2. The molecule has 3 amide bonds. The molecule has 1 unspecified atom stereocenters. The number of aldehydes is 1. The average molecular weight is 912 g/mol. The van der Waals surface area contributed by atoms with Crippen molar-refractivity contribution in [3.63, 3.8) is 0 Å². The highest BCUT2D eigenvalue weighted by molar-refractivity contribution is 7.89. The van der Waals surface area contributed by atoms with Gasteiger partial charge in [-0.1, -0.05) is 25.3 Å². The summed E-state index contributed by atoms with van der Waals surface area (Å²) in [6.07, 6.45) is 14.1. The van der Waals surface area contributed by atoms with Gasteiger partial charge in [-0.3, -0.25) is 34.3 Å². The highest BCUT2D eigenvalue weighted by Gasteiger charge is 2.57. The van der Waals surface area contributed by atoms with Gasteiger partial charge in [-0.25, -0.2) is 13.4 Å². The third-order valence-corrected chi connectivity index (χ3v) is 16.4. The number of aliphatic hydroxyl groups is 1. The van der Waals surface area contributed by atoms with Crippen LogP contribution in [0.2, 0.25) is 0 Å². The molecule has 4 saturated heterocycles. The highest BCUT2D eigenvalue weighted by atomic mass is 32.2. The molecule has 17 nitrogen and oxygen atoms in total. The predicted molar refractivity (Wildman–Crippen MR) is 243 cm³/mol. The van der Waals surface area contributed by atoms with E-state index in [1.807, 2.05) is 36.2 Å². The van der Waals surface area contributed by atoms with E-state index in [0.29, 0.717) is 74.4 Å². The Balaban J connectivity index is 0.000000697. The number of anilines is 3. The summed E-state index contributed by atoms with van der Waals surface area (Å²) in [5.74, 6) is 1.01. The van der Waals surface area contributed by atoms with Crippen LogP contribution in [-0.4, -0.2) is 138 Å². The Hall–Kier alpha value is -5.01. The van der Waals surface area contributed by atoms with Crippen molar-refractivity contribution >= 4 is 51.5 Å². The van der Waals surface area contributed by atoms with Gasteiger partial charge in [-0.15, -0.1) is 0 Å². The molecular formula is C47H61N9O8S. The Labute approximate surface area is 380 Å². The van der Waals surface area contributed by atoms with Crippen LogP contribution in [0.25, 0.3) is 0 Å². The molecule has 2 saturated carbocycles.